The molecular weight excluding hydrogens is 568 g/mol. The van der Waals surface area contributed by atoms with Crippen molar-refractivity contribution in [3.05, 3.63) is 136 Å². The van der Waals surface area contributed by atoms with Crippen molar-refractivity contribution >= 4 is 17.6 Å². The van der Waals surface area contributed by atoms with Crippen molar-refractivity contribution in [2.75, 3.05) is 13.7 Å². The van der Waals surface area contributed by atoms with E-state index in [9.17, 15) is 10.1 Å². The van der Waals surface area contributed by atoms with Crippen molar-refractivity contribution in [3.8, 4) is 34.8 Å². The fourth-order valence-corrected chi connectivity index (χ4v) is 4.79. The average Bonchev–Trinajstić information content (AvgIpc) is 3.02. The van der Waals surface area contributed by atoms with Gasteiger partial charge in [0, 0.05) is 22.2 Å². The number of fused-ring (bicyclic) bond motifs is 1. The van der Waals surface area contributed by atoms with E-state index in [2.05, 4.69) is 12.6 Å². The molecule has 4 aromatic carbocycles. The first-order valence-corrected chi connectivity index (χ1v) is 13.6. The number of carbonyl (C=O) groups excluding carboxylic acids is 1. The van der Waals surface area contributed by atoms with E-state index in [1.807, 2.05) is 24.3 Å². The summed E-state index contributed by atoms with van der Waals surface area (Å²) in [6.45, 7) is 4.23. The van der Waals surface area contributed by atoms with Crippen molar-refractivity contribution in [3.63, 3.8) is 0 Å². The molecule has 0 saturated carbocycles. The molecule has 0 aromatic heterocycles. The molecule has 5 rings (SSSR count). The van der Waals surface area contributed by atoms with Gasteiger partial charge < -0.3 is 29.4 Å². The first-order valence-electron chi connectivity index (χ1n) is 13.2. The van der Waals surface area contributed by atoms with Gasteiger partial charge in [-0.1, -0.05) is 54.6 Å². The number of methoxy groups -OCH3 is 1. The van der Waals surface area contributed by atoms with Gasteiger partial charge in [-0.15, -0.1) is 0 Å². The van der Waals surface area contributed by atoms with Crippen molar-refractivity contribution < 1.29 is 28.5 Å². The summed E-state index contributed by atoms with van der Waals surface area (Å²) in [5.74, 6) is 1.04. The number of rotatable bonds is 10. The molecule has 0 spiro atoms. The summed E-state index contributed by atoms with van der Waals surface area (Å²) in [6, 6.07) is 26.5. The molecule has 8 nitrogen and oxygen atoms in total. The number of halogens is 1. The Morgan fingerprint density at radius 2 is 1.79 bits per heavy atom. The van der Waals surface area contributed by atoms with E-state index in [1.165, 1.54) is 7.11 Å². The minimum atomic E-state index is -0.562. The second-order valence-corrected chi connectivity index (χ2v) is 9.84. The lowest BCUT2D eigenvalue weighted by atomic mass is 9.83. The van der Waals surface area contributed by atoms with Gasteiger partial charge >= 0.3 is 5.97 Å². The van der Waals surface area contributed by atoms with Crippen LogP contribution in [0.3, 0.4) is 0 Å². The van der Waals surface area contributed by atoms with E-state index in [-0.39, 0.29) is 23.8 Å². The van der Waals surface area contributed by atoms with Crippen LogP contribution >= 0.6 is 11.6 Å². The number of hydrogen-bond donors (Lipinski definition) is 1. The van der Waals surface area contributed by atoms with Gasteiger partial charge in [0.15, 0.2) is 11.5 Å². The molecule has 4 aromatic rings. The van der Waals surface area contributed by atoms with Crippen LogP contribution in [0.15, 0.2) is 109 Å². The number of carbonyl (C=O) groups is 1. The maximum absolute atomic E-state index is 12.8. The minimum Gasteiger partial charge on any atom is -0.493 e. The van der Waals surface area contributed by atoms with Crippen molar-refractivity contribution in [2.45, 2.75) is 12.5 Å². The first-order chi connectivity index (χ1) is 20.9. The second kappa shape index (κ2) is 13.1. The zero-order chi connectivity index (χ0) is 30.3. The van der Waals surface area contributed by atoms with Gasteiger partial charge in [-0.05, 0) is 54.1 Å². The van der Waals surface area contributed by atoms with Crippen LogP contribution in [0, 0.1) is 11.3 Å². The lowest BCUT2D eigenvalue weighted by Crippen LogP contribution is -2.21. The number of benzene rings is 4. The molecule has 216 valence electrons. The molecule has 0 radical (unpaired) electrons. The smallest absolute Gasteiger partial charge is 0.343 e. The maximum Gasteiger partial charge on any atom is 0.343 e. The van der Waals surface area contributed by atoms with Crippen LogP contribution in [0.5, 0.6) is 28.7 Å². The van der Waals surface area contributed by atoms with E-state index < -0.39 is 11.9 Å². The Hall–Kier alpha value is -5.39. The predicted molar refractivity (Wildman–Crippen MR) is 162 cm³/mol. The third kappa shape index (κ3) is 6.43. The number of ether oxygens (including phenoxy) is 5. The van der Waals surface area contributed by atoms with Crippen LogP contribution in [0.25, 0.3) is 0 Å². The highest BCUT2D eigenvalue weighted by atomic mass is 35.5. The van der Waals surface area contributed by atoms with Gasteiger partial charge in [0.1, 0.15) is 42.1 Å². The number of nitrogens with two attached hydrogens (primary N) is 1. The van der Waals surface area contributed by atoms with Gasteiger partial charge in [-0.2, -0.15) is 5.26 Å². The number of hydrogen-bond acceptors (Lipinski definition) is 8. The topological polar surface area (TPSA) is 113 Å². The third-order valence-corrected chi connectivity index (χ3v) is 7.09. The number of esters is 1. The Bertz CT molecular complexity index is 1740. The van der Waals surface area contributed by atoms with Gasteiger partial charge in [-0.3, -0.25) is 0 Å². The number of nitrogens with zero attached hydrogens (tertiary/aromatic N) is 1. The molecule has 1 aliphatic rings. The summed E-state index contributed by atoms with van der Waals surface area (Å²) < 4.78 is 28.5. The zero-order valence-electron chi connectivity index (χ0n) is 23.2. The number of allylic oxidation sites excluding steroid dienone is 1. The Kier molecular flexibility index (Phi) is 8.85. The molecule has 0 fully saturated rings. The molecule has 9 heteroatoms. The lowest BCUT2D eigenvalue weighted by molar-refractivity contribution is 0.0734. The molecule has 0 amide bonds. The van der Waals surface area contributed by atoms with E-state index in [1.54, 1.807) is 66.7 Å². The quantitative estimate of drug-likeness (QED) is 0.119. The molecule has 43 heavy (non-hydrogen) atoms. The standard InChI is InChI=1S/C34H27ClN2O6/c1-3-16-40-24-11-8-21(9-12-24)34(38)42-25-13-14-26-30(18-25)43-33(37)27(19-36)32(26)22-10-15-29(31(17-22)39-2)41-20-23-6-4-5-7-28(23)35/h3-15,17-18,32H,1,16,20,37H2,2H3. The Morgan fingerprint density at radius 1 is 1.02 bits per heavy atom. The Labute approximate surface area is 254 Å². The summed E-state index contributed by atoms with van der Waals surface area (Å²) in [6.07, 6.45) is 1.64. The highest BCUT2D eigenvalue weighted by Crippen LogP contribution is 2.45. The van der Waals surface area contributed by atoms with Crippen LogP contribution < -0.4 is 29.4 Å². The van der Waals surface area contributed by atoms with E-state index in [0.717, 1.165) is 11.1 Å². The molecule has 0 aliphatic carbocycles. The number of nitriles is 1. The SMILES string of the molecule is C=CCOc1ccc(C(=O)Oc2ccc3c(c2)OC(N)=C(C#N)C3c2ccc(OCc3ccccc3Cl)c(OC)c2)cc1. The molecule has 1 unspecified atom stereocenters. The van der Waals surface area contributed by atoms with Gasteiger partial charge in [0.05, 0.1) is 18.6 Å². The third-order valence-electron chi connectivity index (χ3n) is 6.72. The second-order valence-electron chi connectivity index (χ2n) is 9.43. The largest absolute Gasteiger partial charge is 0.493 e. The minimum absolute atomic E-state index is 0.0448. The van der Waals surface area contributed by atoms with Crippen molar-refractivity contribution in [1.29, 1.82) is 5.26 Å². The van der Waals surface area contributed by atoms with Crippen LogP contribution in [-0.4, -0.2) is 19.7 Å². The predicted octanol–water partition coefficient (Wildman–Crippen LogP) is 6.93. The highest BCUT2D eigenvalue weighted by molar-refractivity contribution is 6.31. The van der Waals surface area contributed by atoms with Crippen LogP contribution in [0.2, 0.25) is 5.02 Å². The molecule has 1 atom stereocenters. The molecule has 0 bridgehead atoms. The summed E-state index contributed by atoms with van der Waals surface area (Å²) in [4.78, 5) is 12.8. The summed E-state index contributed by atoms with van der Waals surface area (Å²) >= 11 is 6.27. The van der Waals surface area contributed by atoms with Gasteiger partial charge in [0.2, 0.25) is 5.88 Å². The lowest BCUT2D eigenvalue weighted by Gasteiger charge is -2.27. The summed E-state index contributed by atoms with van der Waals surface area (Å²) in [5.41, 5.74) is 9.01. The highest BCUT2D eigenvalue weighted by Gasteiger charge is 2.32. The molecule has 2 N–H and O–H groups in total. The Balaban J connectivity index is 1.39. The van der Waals surface area contributed by atoms with Crippen molar-refractivity contribution in [1.82, 2.24) is 0 Å². The van der Waals surface area contributed by atoms with Crippen LogP contribution in [0.1, 0.15) is 33.0 Å². The fraction of sp³-hybridized carbons (Fsp3) is 0.118. The summed E-state index contributed by atoms with van der Waals surface area (Å²) in [7, 11) is 1.54. The van der Waals surface area contributed by atoms with Crippen LogP contribution in [-0.2, 0) is 6.61 Å². The normalized spacial score (nSPS) is 13.7. The zero-order valence-corrected chi connectivity index (χ0v) is 24.0. The van der Waals surface area contributed by atoms with Gasteiger partial charge in [-0.25, -0.2) is 4.79 Å². The van der Waals surface area contributed by atoms with Gasteiger partial charge in [0.25, 0.3) is 0 Å². The van der Waals surface area contributed by atoms with Crippen molar-refractivity contribution in [2.24, 2.45) is 5.73 Å². The summed E-state index contributed by atoms with van der Waals surface area (Å²) in [5, 5.41) is 10.6. The van der Waals surface area contributed by atoms with Crippen LogP contribution in [0.4, 0.5) is 0 Å². The fourth-order valence-electron chi connectivity index (χ4n) is 4.60. The van der Waals surface area contributed by atoms with E-state index in [4.69, 9.17) is 41.0 Å². The van der Waals surface area contributed by atoms with E-state index in [0.29, 0.717) is 45.8 Å². The average molecular weight is 595 g/mol. The van der Waals surface area contributed by atoms with E-state index >= 15 is 0 Å². The first kappa shape index (κ1) is 29.1. The molecule has 1 aliphatic heterocycles. The molecule has 1 heterocycles. The monoisotopic (exact) mass is 594 g/mol. The maximum atomic E-state index is 12.8. The molecular formula is C34H27ClN2O6. The Morgan fingerprint density at radius 3 is 2.51 bits per heavy atom. The molecule has 0 saturated heterocycles.